The maximum absolute atomic E-state index is 4.00. The second kappa shape index (κ2) is 9.18. The number of hydrogen-bond donors (Lipinski definition) is 2. The van der Waals surface area contributed by atoms with Crippen molar-refractivity contribution in [1.82, 2.24) is 19.8 Å². The van der Waals surface area contributed by atoms with Crippen LogP contribution in [-0.4, -0.2) is 48.7 Å². The summed E-state index contributed by atoms with van der Waals surface area (Å²) in [5, 5.41) is 6.23. The lowest BCUT2D eigenvalue weighted by molar-refractivity contribution is 0.158. The van der Waals surface area contributed by atoms with Gasteiger partial charge in [0, 0.05) is 51.6 Å². The number of aromatic amines is 1. The molecule has 2 N–H and O–H groups in total. The van der Waals surface area contributed by atoms with E-state index in [0.29, 0.717) is 11.8 Å². The third kappa shape index (κ3) is 3.88. The van der Waals surface area contributed by atoms with Crippen molar-refractivity contribution in [2.24, 2.45) is 11.3 Å². The first kappa shape index (κ1) is 24.5. The number of para-hydroxylation sites is 2. The molecule has 2 aromatic heterocycles. The van der Waals surface area contributed by atoms with Crippen molar-refractivity contribution in [3.63, 3.8) is 0 Å². The summed E-state index contributed by atoms with van der Waals surface area (Å²) in [4.78, 5) is 6.31. The van der Waals surface area contributed by atoms with E-state index < -0.39 is 0 Å². The molecule has 1 aliphatic carbocycles. The van der Waals surface area contributed by atoms with Crippen molar-refractivity contribution in [3.05, 3.63) is 82.7 Å². The number of rotatable bonds is 7. The Bertz CT molecular complexity index is 1480. The van der Waals surface area contributed by atoms with Crippen molar-refractivity contribution >= 4 is 21.8 Å². The van der Waals surface area contributed by atoms with Gasteiger partial charge in [-0.15, -0.1) is 0 Å². The highest BCUT2D eigenvalue weighted by Crippen LogP contribution is 2.61. The zero-order valence-corrected chi connectivity index (χ0v) is 23.4. The average molecular weight is 495 g/mol. The van der Waals surface area contributed by atoms with Gasteiger partial charge in [0.25, 0.3) is 0 Å². The molecule has 194 valence electrons. The maximum atomic E-state index is 4.00. The van der Waals surface area contributed by atoms with Gasteiger partial charge >= 0.3 is 0 Å². The van der Waals surface area contributed by atoms with E-state index in [1.807, 2.05) is 0 Å². The maximum Gasteiger partial charge on any atom is 0.0783 e. The van der Waals surface area contributed by atoms with Crippen LogP contribution in [0, 0.1) is 11.3 Å². The van der Waals surface area contributed by atoms with Gasteiger partial charge in [0.1, 0.15) is 0 Å². The number of fused-ring (bicyclic) bond motifs is 6. The first-order valence-corrected chi connectivity index (χ1v) is 14.0. The molecule has 1 aliphatic heterocycles. The fourth-order valence-corrected chi connectivity index (χ4v) is 7.74. The van der Waals surface area contributed by atoms with Crippen LogP contribution in [0.5, 0.6) is 0 Å². The molecular formula is C33H42N4. The fraction of sp³-hybridized carbons (Fsp3) is 0.455. The highest BCUT2D eigenvalue weighted by atomic mass is 15.1. The van der Waals surface area contributed by atoms with Gasteiger partial charge in [-0.3, -0.25) is 0 Å². The lowest BCUT2D eigenvalue weighted by atomic mass is 9.62. The number of nitrogens with zero attached hydrogens (tertiary/aromatic N) is 2. The number of benzene rings is 2. The molecule has 0 saturated carbocycles. The zero-order valence-electron chi connectivity index (χ0n) is 23.4. The molecule has 0 bridgehead atoms. The SMILES string of the molecule is CNCCc1c2n(c3ccccc13)C(c1[nH]c3ccccc3c1CCN(C)C)C1C2C=C(C)CC1(C)C. The number of aromatic nitrogens is 2. The Kier molecular flexibility index (Phi) is 6.08. The first-order chi connectivity index (χ1) is 17.8. The van der Waals surface area contributed by atoms with E-state index in [9.17, 15) is 0 Å². The molecule has 3 heterocycles. The third-order valence-electron chi connectivity index (χ3n) is 9.06. The van der Waals surface area contributed by atoms with Gasteiger partial charge in [0.2, 0.25) is 0 Å². The van der Waals surface area contributed by atoms with Gasteiger partial charge in [-0.25, -0.2) is 0 Å². The predicted molar refractivity (Wildman–Crippen MR) is 157 cm³/mol. The van der Waals surface area contributed by atoms with Crippen molar-refractivity contribution in [1.29, 1.82) is 0 Å². The van der Waals surface area contributed by atoms with E-state index in [-0.39, 0.29) is 11.5 Å². The number of allylic oxidation sites excluding steroid dienone is 2. The second-order valence-electron chi connectivity index (χ2n) is 12.4. The van der Waals surface area contributed by atoms with Crippen LogP contribution < -0.4 is 5.32 Å². The quantitative estimate of drug-likeness (QED) is 0.282. The summed E-state index contributed by atoms with van der Waals surface area (Å²) < 4.78 is 2.76. The summed E-state index contributed by atoms with van der Waals surface area (Å²) in [5.41, 5.74) is 10.4. The third-order valence-corrected chi connectivity index (χ3v) is 9.06. The predicted octanol–water partition coefficient (Wildman–Crippen LogP) is 6.67. The van der Waals surface area contributed by atoms with Gasteiger partial charge in [-0.05, 0) is 82.5 Å². The summed E-state index contributed by atoms with van der Waals surface area (Å²) in [6.45, 7) is 9.41. The van der Waals surface area contributed by atoms with Gasteiger partial charge < -0.3 is 19.8 Å². The molecule has 2 aromatic carbocycles. The number of nitrogens with one attached hydrogen (secondary N) is 2. The minimum atomic E-state index is 0.199. The topological polar surface area (TPSA) is 36.0 Å². The van der Waals surface area contributed by atoms with Crippen LogP contribution in [0.25, 0.3) is 21.8 Å². The molecule has 2 aliphatic rings. The van der Waals surface area contributed by atoms with Crippen molar-refractivity contribution in [3.8, 4) is 0 Å². The van der Waals surface area contributed by atoms with Gasteiger partial charge in [-0.2, -0.15) is 0 Å². The monoisotopic (exact) mass is 494 g/mol. The standard InChI is InChI=1S/C33H42N4/c1-21-19-26-29(33(2,3)20-21)32(30-24(16-18-36(5)6)22-11-7-9-13-27(22)35-30)37-28-14-10-8-12-23(28)25(31(26)37)15-17-34-4/h7-14,19,26,29,32,34-35H,15-18,20H2,1-6H3. The van der Waals surface area contributed by atoms with Crippen LogP contribution in [0.4, 0.5) is 0 Å². The Morgan fingerprint density at radius 3 is 2.49 bits per heavy atom. The van der Waals surface area contributed by atoms with E-state index in [2.05, 4.69) is 116 Å². The van der Waals surface area contributed by atoms with Crippen LogP contribution in [0.2, 0.25) is 0 Å². The molecule has 0 saturated heterocycles. The molecule has 0 radical (unpaired) electrons. The number of H-pyrrole nitrogens is 1. The summed E-state index contributed by atoms with van der Waals surface area (Å²) in [5.74, 6) is 0.941. The van der Waals surface area contributed by atoms with Crippen LogP contribution in [0.3, 0.4) is 0 Å². The minimum Gasteiger partial charge on any atom is -0.356 e. The number of hydrogen-bond acceptors (Lipinski definition) is 2. The summed E-state index contributed by atoms with van der Waals surface area (Å²) in [7, 11) is 6.44. The lowest BCUT2D eigenvalue weighted by Crippen LogP contribution is -2.35. The first-order valence-electron chi connectivity index (χ1n) is 14.0. The Labute approximate surface area is 221 Å². The van der Waals surface area contributed by atoms with Crippen molar-refractivity contribution < 1.29 is 0 Å². The second-order valence-corrected chi connectivity index (χ2v) is 12.4. The average Bonchev–Trinajstić information content (AvgIpc) is 3.49. The van der Waals surface area contributed by atoms with E-state index in [1.165, 1.54) is 44.2 Å². The molecule has 0 fully saturated rings. The summed E-state index contributed by atoms with van der Waals surface area (Å²) in [6, 6.07) is 18.4. The van der Waals surface area contributed by atoms with E-state index in [4.69, 9.17) is 0 Å². The highest BCUT2D eigenvalue weighted by molar-refractivity contribution is 5.88. The molecule has 0 amide bonds. The van der Waals surface area contributed by atoms with Gasteiger partial charge in [0.05, 0.1) is 6.04 Å². The molecule has 4 nitrogen and oxygen atoms in total. The Morgan fingerprint density at radius 2 is 1.73 bits per heavy atom. The van der Waals surface area contributed by atoms with E-state index in [1.54, 1.807) is 5.69 Å². The van der Waals surface area contributed by atoms with Gasteiger partial charge in [0.15, 0.2) is 0 Å². The van der Waals surface area contributed by atoms with Crippen LogP contribution in [0.15, 0.2) is 60.2 Å². The smallest absolute Gasteiger partial charge is 0.0783 e. The fourth-order valence-electron chi connectivity index (χ4n) is 7.74. The van der Waals surface area contributed by atoms with Crippen molar-refractivity contribution in [2.45, 2.75) is 52.0 Å². The van der Waals surface area contributed by atoms with Gasteiger partial charge in [-0.1, -0.05) is 61.9 Å². The molecule has 0 spiro atoms. The summed E-state index contributed by atoms with van der Waals surface area (Å²) in [6.07, 6.45) is 5.89. The molecular weight excluding hydrogens is 452 g/mol. The Hall–Kier alpha value is -2.82. The Morgan fingerprint density at radius 1 is 1.00 bits per heavy atom. The molecule has 3 atom stereocenters. The molecule has 4 aromatic rings. The van der Waals surface area contributed by atoms with Crippen LogP contribution in [-0.2, 0) is 12.8 Å². The van der Waals surface area contributed by atoms with E-state index in [0.717, 1.165) is 32.4 Å². The Balaban J connectivity index is 1.66. The normalized spacial score (nSPS) is 22.6. The number of likely N-dealkylation sites (N-methyl/N-ethyl adjacent to an activating group) is 2. The molecule has 4 heteroatoms. The lowest BCUT2D eigenvalue weighted by Gasteiger charge is -2.42. The summed E-state index contributed by atoms with van der Waals surface area (Å²) >= 11 is 0. The molecule has 3 unspecified atom stereocenters. The zero-order chi connectivity index (χ0) is 25.9. The molecule has 37 heavy (non-hydrogen) atoms. The van der Waals surface area contributed by atoms with Crippen molar-refractivity contribution in [2.75, 3.05) is 34.2 Å². The van der Waals surface area contributed by atoms with Crippen LogP contribution in [0.1, 0.15) is 61.7 Å². The molecule has 6 rings (SSSR count). The highest BCUT2D eigenvalue weighted by Gasteiger charge is 2.52. The van der Waals surface area contributed by atoms with Crippen LogP contribution >= 0.6 is 0 Å². The minimum absolute atomic E-state index is 0.199. The largest absolute Gasteiger partial charge is 0.356 e. The van der Waals surface area contributed by atoms with E-state index >= 15 is 0 Å².